The predicted octanol–water partition coefficient (Wildman–Crippen LogP) is 8.88. The number of likely N-dealkylation sites (tertiary alicyclic amines) is 1. The molecule has 0 radical (unpaired) electrons. The summed E-state index contributed by atoms with van der Waals surface area (Å²) in [5, 5.41) is 34.3. The van der Waals surface area contributed by atoms with Crippen LogP contribution >= 0.6 is 11.6 Å². The van der Waals surface area contributed by atoms with Gasteiger partial charge in [-0.2, -0.15) is 15.5 Å². The molecule has 2 saturated heterocycles. The van der Waals surface area contributed by atoms with Crippen LogP contribution in [0.5, 0.6) is 5.75 Å². The van der Waals surface area contributed by atoms with Crippen molar-refractivity contribution in [2.75, 3.05) is 49.1 Å². The first kappa shape index (κ1) is 48.9. The number of benzene rings is 2. The molecule has 6 heterocycles. The minimum absolute atomic E-state index is 0.0153. The number of alkyl halides is 2. The third-order valence-electron chi connectivity index (χ3n) is 14.6. The van der Waals surface area contributed by atoms with E-state index in [1.54, 1.807) is 54.3 Å². The third-order valence-corrected chi connectivity index (χ3v) is 14.9. The lowest BCUT2D eigenvalue weighted by molar-refractivity contribution is -0.119. The predicted molar refractivity (Wildman–Crippen MR) is 265 cm³/mol. The van der Waals surface area contributed by atoms with Crippen LogP contribution in [0.4, 0.5) is 26.1 Å². The number of amides is 2. The fourth-order valence-corrected chi connectivity index (χ4v) is 11.1. The molecule has 3 aromatic heterocycles. The standard InChI is InChI=1S/C52H63ClF2N12O3/c1-4-6-47-43(31-57-33(2)68)51(66-21-5-7-35-27-41(45-20-22-63(3)61-45)42(50(54)55)29-48(35)66)62-67(47)38-18-23-64(24-19-38)32-34-16-25-65(26-17-34)49-15-14-46(59-60-49)52(69)58-37-9-12-39(13-10-37)70-40-11-8-36(30-56)44(53)28-40/h8,11,14-15,20,22,27-29,34,37-39,50H,4-7,9-10,12-13,16-19,21,23-26,31-32H2,1-3H3,(H,57,68)(H,58,69). The number of nitriles is 1. The van der Waals surface area contributed by atoms with E-state index >= 15 is 0 Å². The van der Waals surface area contributed by atoms with Crippen molar-refractivity contribution in [1.82, 2.24) is 45.3 Å². The number of aryl methyl sites for hydroxylation is 2. The normalized spacial score (nSPS) is 19.2. The van der Waals surface area contributed by atoms with Gasteiger partial charge in [0.1, 0.15) is 11.8 Å². The zero-order chi connectivity index (χ0) is 48.9. The van der Waals surface area contributed by atoms with Gasteiger partial charge in [-0.05, 0) is 125 Å². The Morgan fingerprint density at radius 2 is 1.73 bits per heavy atom. The first-order chi connectivity index (χ1) is 33.9. The van der Waals surface area contributed by atoms with Crippen molar-refractivity contribution in [3.63, 3.8) is 0 Å². The quantitative estimate of drug-likeness (QED) is 0.103. The Morgan fingerprint density at radius 1 is 0.943 bits per heavy atom. The fraction of sp³-hybridized carbons (Fsp3) is 0.519. The Kier molecular flexibility index (Phi) is 15.3. The van der Waals surface area contributed by atoms with E-state index in [9.17, 15) is 18.4 Å². The van der Waals surface area contributed by atoms with Crippen LogP contribution in [-0.4, -0.2) is 97.9 Å². The summed E-state index contributed by atoms with van der Waals surface area (Å²) >= 11 is 6.18. The van der Waals surface area contributed by atoms with Gasteiger partial charge in [-0.3, -0.25) is 19.0 Å². The van der Waals surface area contributed by atoms with Crippen LogP contribution in [0.3, 0.4) is 0 Å². The van der Waals surface area contributed by atoms with Crippen LogP contribution < -0.4 is 25.2 Å². The Morgan fingerprint density at radius 3 is 2.39 bits per heavy atom. The highest BCUT2D eigenvalue weighted by atomic mass is 35.5. The average Bonchev–Trinajstić information content (AvgIpc) is 3.97. The van der Waals surface area contributed by atoms with Gasteiger partial charge in [0.05, 0.1) is 28.4 Å². The van der Waals surface area contributed by atoms with E-state index in [-0.39, 0.29) is 35.6 Å². The molecule has 5 aromatic rings. The maximum absolute atomic E-state index is 14.8. The molecule has 0 spiro atoms. The molecule has 370 valence electrons. The molecule has 15 nitrogen and oxygen atoms in total. The van der Waals surface area contributed by atoms with Crippen LogP contribution in [0.15, 0.2) is 54.7 Å². The molecule has 3 aliphatic heterocycles. The number of ether oxygens (including phenoxy) is 1. The van der Waals surface area contributed by atoms with Crippen LogP contribution in [0.2, 0.25) is 5.02 Å². The van der Waals surface area contributed by atoms with Crippen LogP contribution in [0.25, 0.3) is 11.3 Å². The minimum Gasteiger partial charge on any atom is -0.490 e. The number of hydrogen-bond acceptors (Lipinski definition) is 11. The minimum atomic E-state index is -2.68. The van der Waals surface area contributed by atoms with Gasteiger partial charge < -0.3 is 30.1 Å². The first-order valence-corrected chi connectivity index (χ1v) is 25.4. The van der Waals surface area contributed by atoms with Gasteiger partial charge in [-0.1, -0.05) is 24.9 Å². The molecule has 9 rings (SSSR count). The van der Waals surface area contributed by atoms with Crippen LogP contribution in [0, 0.1) is 17.2 Å². The maximum Gasteiger partial charge on any atom is 0.272 e. The molecule has 1 aliphatic carbocycles. The van der Waals surface area contributed by atoms with E-state index in [1.165, 1.54) is 6.92 Å². The SMILES string of the molecule is CCCc1c(CNC(C)=O)c(N2CCCc3cc(-c4ccn(C)n4)c(C(F)F)cc32)nn1C1CCN(CC2CCN(c3ccc(C(=O)NC4CCC(Oc5ccc(C#N)c(Cl)c5)CC4)nn3)CC2)CC1. The Bertz CT molecular complexity index is 2680. The van der Waals surface area contributed by atoms with Crippen molar-refractivity contribution >= 4 is 40.7 Å². The number of rotatable bonds is 15. The van der Waals surface area contributed by atoms with Crippen molar-refractivity contribution in [1.29, 1.82) is 5.26 Å². The highest BCUT2D eigenvalue weighted by molar-refractivity contribution is 6.31. The van der Waals surface area contributed by atoms with Crippen LogP contribution in [-0.2, 0) is 31.2 Å². The molecule has 0 unspecified atom stereocenters. The van der Waals surface area contributed by atoms with E-state index < -0.39 is 6.43 Å². The lowest BCUT2D eigenvalue weighted by Crippen LogP contribution is -2.42. The van der Waals surface area contributed by atoms with Crippen molar-refractivity contribution in [2.24, 2.45) is 13.0 Å². The van der Waals surface area contributed by atoms with E-state index in [0.717, 1.165) is 144 Å². The lowest BCUT2D eigenvalue weighted by Gasteiger charge is -2.38. The van der Waals surface area contributed by atoms with Crippen molar-refractivity contribution < 1.29 is 23.1 Å². The lowest BCUT2D eigenvalue weighted by atomic mass is 9.92. The molecule has 1 saturated carbocycles. The van der Waals surface area contributed by atoms with Gasteiger partial charge >= 0.3 is 0 Å². The number of aromatic nitrogens is 6. The molecule has 2 N–H and O–H groups in total. The van der Waals surface area contributed by atoms with E-state index in [2.05, 4.69) is 58.3 Å². The summed E-state index contributed by atoms with van der Waals surface area (Å²) in [5.74, 6) is 2.38. The van der Waals surface area contributed by atoms with Gasteiger partial charge in [-0.15, -0.1) is 10.2 Å². The molecule has 70 heavy (non-hydrogen) atoms. The summed E-state index contributed by atoms with van der Waals surface area (Å²) in [5.41, 5.74) is 5.47. The van der Waals surface area contributed by atoms with Crippen molar-refractivity contribution in [2.45, 2.75) is 122 Å². The zero-order valence-corrected chi connectivity index (χ0v) is 41.1. The van der Waals surface area contributed by atoms with E-state index in [0.29, 0.717) is 52.3 Å². The van der Waals surface area contributed by atoms with Gasteiger partial charge in [-0.25, -0.2) is 8.78 Å². The second kappa shape index (κ2) is 21.9. The third kappa shape index (κ3) is 11.1. The number of anilines is 3. The molecule has 0 bridgehead atoms. The van der Waals surface area contributed by atoms with Gasteiger partial charge in [0.15, 0.2) is 17.3 Å². The molecule has 4 aliphatic rings. The monoisotopic (exact) mass is 976 g/mol. The number of carbonyl (C=O) groups excluding carboxylic acids is 2. The average molecular weight is 978 g/mol. The molecule has 3 fully saturated rings. The molecular weight excluding hydrogens is 914 g/mol. The summed E-state index contributed by atoms with van der Waals surface area (Å²) in [7, 11) is 1.79. The summed E-state index contributed by atoms with van der Waals surface area (Å²) in [6, 6.07) is 16.3. The number of carbonyl (C=O) groups is 2. The number of hydrogen-bond donors (Lipinski definition) is 2. The Labute approximate surface area is 413 Å². The topological polar surface area (TPSA) is 162 Å². The van der Waals surface area contributed by atoms with Gasteiger partial charge in [0.25, 0.3) is 12.3 Å². The molecule has 2 aromatic carbocycles. The number of fused-ring (bicyclic) bond motifs is 1. The highest BCUT2D eigenvalue weighted by Crippen LogP contribution is 2.43. The summed E-state index contributed by atoms with van der Waals surface area (Å²) in [6.45, 7) is 9.31. The van der Waals surface area contributed by atoms with Crippen molar-refractivity contribution in [3.8, 4) is 23.1 Å². The van der Waals surface area contributed by atoms with Gasteiger partial charge in [0.2, 0.25) is 5.91 Å². The largest absolute Gasteiger partial charge is 0.490 e. The highest BCUT2D eigenvalue weighted by Gasteiger charge is 2.33. The zero-order valence-electron chi connectivity index (χ0n) is 40.3. The molecule has 18 heteroatoms. The van der Waals surface area contributed by atoms with Gasteiger partial charge in [0, 0.05) is 106 Å². The Balaban J connectivity index is 0.784. The number of nitrogens with one attached hydrogen (secondary N) is 2. The van der Waals surface area contributed by atoms with E-state index in [4.69, 9.17) is 26.7 Å². The molecule has 0 atom stereocenters. The van der Waals surface area contributed by atoms with Crippen LogP contribution in [0.1, 0.15) is 129 Å². The smallest absolute Gasteiger partial charge is 0.272 e. The summed E-state index contributed by atoms with van der Waals surface area (Å²) < 4.78 is 39.5. The van der Waals surface area contributed by atoms with Crippen molar-refractivity contribution in [3.05, 3.63) is 93.4 Å². The second-order valence-corrected chi connectivity index (χ2v) is 19.8. The molecular formula is C52H63ClF2N12O3. The Hall–Kier alpha value is -6.12. The second-order valence-electron chi connectivity index (χ2n) is 19.4. The number of halogens is 3. The maximum atomic E-state index is 14.8. The first-order valence-electron chi connectivity index (χ1n) is 25.0. The molecule has 2 amide bonds. The summed E-state index contributed by atoms with van der Waals surface area (Å²) in [4.78, 5) is 32.4. The fourth-order valence-electron chi connectivity index (χ4n) is 10.8. The summed E-state index contributed by atoms with van der Waals surface area (Å²) in [6.07, 6.45) is 9.51. The number of nitrogens with zero attached hydrogens (tertiary/aromatic N) is 10. The van der Waals surface area contributed by atoms with E-state index in [1.807, 2.05) is 12.1 Å². The number of piperidine rings is 2.